The van der Waals surface area contributed by atoms with Crippen molar-refractivity contribution in [3.63, 3.8) is 0 Å². The summed E-state index contributed by atoms with van der Waals surface area (Å²) in [5, 5.41) is 9.33. The number of carboxylic acids is 1. The summed E-state index contributed by atoms with van der Waals surface area (Å²) in [5.41, 5.74) is 0.467. The third-order valence-corrected chi connectivity index (χ3v) is 6.27. The zero-order valence-corrected chi connectivity index (χ0v) is 13.0. The van der Waals surface area contributed by atoms with Gasteiger partial charge < -0.3 is 5.11 Å². The normalized spacial score (nSPS) is 22.9. The Morgan fingerprint density at radius 3 is 2.55 bits per heavy atom. The van der Waals surface area contributed by atoms with Crippen LogP contribution in [0, 0.1) is 13.8 Å². The van der Waals surface area contributed by atoms with Crippen molar-refractivity contribution in [1.82, 2.24) is 4.72 Å². The van der Waals surface area contributed by atoms with Gasteiger partial charge in [0.2, 0.25) is 10.0 Å². The summed E-state index contributed by atoms with van der Waals surface area (Å²) in [4.78, 5) is 11.5. The second kappa shape index (κ2) is 5.38. The Morgan fingerprint density at radius 1 is 1.35 bits per heavy atom. The smallest absolute Gasteiger partial charge is 0.325 e. The monoisotopic (exact) mass is 315 g/mol. The molecule has 20 heavy (non-hydrogen) atoms. The fourth-order valence-electron chi connectivity index (χ4n) is 2.05. The summed E-state index contributed by atoms with van der Waals surface area (Å²) in [6.07, 6.45) is 0.303. The Kier molecular flexibility index (Phi) is 4.13. The predicted molar refractivity (Wildman–Crippen MR) is 78.5 cm³/mol. The first-order valence-electron chi connectivity index (χ1n) is 6.19. The van der Waals surface area contributed by atoms with Gasteiger partial charge in [0, 0.05) is 5.75 Å². The van der Waals surface area contributed by atoms with Gasteiger partial charge in [0.25, 0.3) is 0 Å². The topological polar surface area (TPSA) is 83.5 Å². The van der Waals surface area contributed by atoms with Crippen molar-refractivity contribution in [2.24, 2.45) is 0 Å². The third-order valence-electron chi connectivity index (χ3n) is 3.55. The molecule has 0 radical (unpaired) electrons. The van der Waals surface area contributed by atoms with Crippen molar-refractivity contribution in [2.45, 2.75) is 30.7 Å². The van der Waals surface area contributed by atoms with Crippen LogP contribution in [-0.2, 0) is 14.8 Å². The van der Waals surface area contributed by atoms with Crippen LogP contribution in [0.4, 0.5) is 0 Å². The van der Waals surface area contributed by atoms with E-state index in [9.17, 15) is 18.3 Å². The highest BCUT2D eigenvalue weighted by atomic mass is 32.2. The summed E-state index contributed by atoms with van der Waals surface area (Å²) in [7, 11) is -3.83. The number of aliphatic carboxylic acids is 1. The van der Waals surface area contributed by atoms with Gasteiger partial charge in [-0.25, -0.2) is 8.42 Å². The maximum atomic E-state index is 12.4. The minimum Gasteiger partial charge on any atom is -0.480 e. The third kappa shape index (κ3) is 2.84. The number of rotatable bonds is 4. The first kappa shape index (κ1) is 15.3. The van der Waals surface area contributed by atoms with E-state index >= 15 is 0 Å². The number of benzene rings is 1. The number of aryl methyl sites for hydroxylation is 2. The Hall–Kier alpha value is -1.05. The molecule has 0 spiro atoms. The molecule has 2 N–H and O–H groups in total. The average Bonchev–Trinajstić information content (AvgIpc) is 2.81. The van der Waals surface area contributed by atoms with Crippen LogP contribution in [-0.4, -0.2) is 36.5 Å². The highest BCUT2D eigenvalue weighted by molar-refractivity contribution is 7.99. The summed E-state index contributed by atoms with van der Waals surface area (Å²) in [5.74, 6) is -0.219. The highest BCUT2D eigenvalue weighted by Gasteiger charge is 2.45. The van der Waals surface area contributed by atoms with E-state index in [2.05, 4.69) is 4.72 Å². The molecule has 1 aliphatic heterocycles. The van der Waals surface area contributed by atoms with Crippen LogP contribution in [0.25, 0.3) is 0 Å². The van der Waals surface area contributed by atoms with Gasteiger partial charge >= 0.3 is 5.97 Å². The van der Waals surface area contributed by atoms with Gasteiger partial charge in [0.1, 0.15) is 5.54 Å². The number of sulfonamides is 1. The van der Waals surface area contributed by atoms with Crippen LogP contribution in [0.3, 0.4) is 0 Å². The van der Waals surface area contributed by atoms with E-state index in [1.807, 2.05) is 13.8 Å². The largest absolute Gasteiger partial charge is 0.480 e. The fourth-order valence-corrected chi connectivity index (χ4v) is 4.94. The molecule has 0 bridgehead atoms. The molecular formula is C13H17NO4S2. The molecule has 1 saturated heterocycles. The van der Waals surface area contributed by atoms with Crippen molar-refractivity contribution in [3.05, 3.63) is 29.3 Å². The molecule has 0 amide bonds. The Balaban J connectivity index is 2.35. The van der Waals surface area contributed by atoms with Crippen molar-refractivity contribution < 1.29 is 18.3 Å². The maximum Gasteiger partial charge on any atom is 0.325 e. The molecule has 7 heteroatoms. The van der Waals surface area contributed by atoms with Gasteiger partial charge in [0.15, 0.2) is 0 Å². The number of hydrogen-bond donors (Lipinski definition) is 2. The predicted octanol–water partition coefficient (Wildman–Crippen LogP) is 1.54. The Bertz CT molecular complexity index is 634. The number of carbonyl (C=O) groups is 1. The minimum absolute atomic E-state index is 0.109. The molecule has 1 heterocycles. The molecular weight excluding hydrogens is 298 g/mol. The molecule has 1 aliphatic rings. The average molecular weight is 315 g/mol. The van der Waals surface area contributed by atoms with Crippen molar-refractivity contribution in [1.29, 1.82) is 0 Å². The van der Waals surface area contributed by atoms with Crippen molar-refractivity contribution in [2.75, 3.05) is 11.5 Å². The van der Waals surface area contributed by atoms with Crippen molar-refractivity contribution >= 4 is 27.8 Å². The van der Waals surface area contributed by atoms with Gasteiger partial charge in [-0.15, -0.1) is 0 Å². The number of hydrogen-bond acceptors (Lipinski definition) is 4. The molecule has 1 atom stereocenters. The summed E-state index contributed by atoms with van der Waals surface area (Å²) in [6, 6.07) is 4.79. The second-order valence-electron chi connectivity index (χ2n) is 5.04. The number of thioether (sulfide) groups is 1. The van der Waals surface area contributed by atoms with Gasteiger partial charge in [-0.1, -0.05) is 6.07 Å². The second-order valence-corrected chi connectivity index (χ2v) is 7.83. The molecule has 2 rings (SSSR count). The lowest BCUT2D eigenvalue weighted by atomic mass is 10.0. The lowest BCUT2D eigenvalue weighted by Gasteiger charge is -2.24. The number of nitrogens with one attached hydrogen (secondary N) is 1. The van der Waals surface area contributed by atoms with Crippen LogP contribution in [0.2, 0.25) is 0 Å². The zero-order chi connectivity index (χ0) is 15.0. The fraction of sp³-hybridized carbons (Fsp3) is 0.462. The molecule has 0 aliphatic carbocycles. The van der Waals surface area contributed by atoms with Crippen LogP contribution < -0.4 is 4.72 Å². The molecule has 0 saturated carbocycles. The van der Waals surface area contributed by atoms with E-state index in [1.54, 1.807) is 12.1 Å². The van der Waals surface area contributed by atoms with Crippen LogP contribution in [0.5, 0.6) is 0 Å². The van der Waals surface area contributed by atoms with Gasteiger partial charge in [-0.05, 0) is 49.3 Å². The van der Waals surface area contributed by atoms with Crippen LogP contribution in [0.1, 0.15) is 17.5 Å². The lowest BCUT2D eigenvalue weighted by molar-refractivity contribution is -0.142. The minimum atomic E-state index is -3.83. The molecule has 110 valence electrons. The van der Waals surface area contributed by atoms with Crippen molar-refractivity contribution in [3.8, 4) is 0 Å². The van der Waals surface area contributed by atoms with Gasteiger partial charge in [-0.2, -0.15) is 16.5 Å². The van der Waals surface area contributed by atoms with Gasteiger partial charge in [-0.3, -0.25) is 4.79 Å². The maximum absolute atomic E-state index is 12.4. The van der Waals surface area contributed by atoms with Crippen LogP contribution >= 0.6 is 11.8 Å². The SMILES string of the molecule is Cc1ccc(S(=O)(=O)NC2(C(=O)O)CCSC2)cc1C. The molecule has 0 aromatic heterocycles. The van der Waals surface area contributed by atoms with Crippen LogP contribution in [0.15, 0.2) is 23.1 Å². The summed E-state index contributed by atoms with van der Waals surface area (Å²) in [6.45, 7) is 3.72. The van der Waals surface area contributed by atoms with E-state index in [-0.39, 0.29) is 10.6 Å². The number of carboxylic acid groups (broad SMARTS) is 1. The summed E-state index contributed by atoms with van der Waals surface area (Å²) >= 11 is 1.44. The van der Waals surface area contributed by atoms with E-state index in [0.29, 0.717) is 12.2 Å². The summed E-state index contributed by atoms with van der Waals surface area (Å²) < 4.78 is 27.1. The molecule has 5 nitrogen and oxygen atoms in total. The van der Waals surface area contributed by atoms with E-state index < -0.39 is 21.5 Å². The first-order chi connectivity index (χ1) is 9.27. The lowest BCUT2D eigenvalue weighted by Crippen LogP contribution is -2.54. The molecule has 1 fully saturated rings. The first-order valence-corrected chi connectivity index (χ1v) is 8.83. The molecule has 1 aromatic rings. The van der Waals surface area contributed by atoms with Gasteiger partial charge in [0.05, 0.1) is 4.90 Å². The standard InChI is InChI=1S/C13H17NO4S2/c1-9-3-4-11(7-10(9)2)20(17,18)14-13(12(15)16)5-6-19-8-13/h3-4,7,14H,5-6,8H2,1-2H3,(H,15,16). The Morgan fingerprint density at radius 2 is 2.05 bits per heavy atom. The quantitative estimate of drug-likeness (QED) is 0.880. The molecule has 1 unspecified atom stereocenters. The Labute approximate surface area is 122 Å². The molecule has 1 aromatic carbocycles. The van der Waals surface area contributed by atoms with E-state index in [4.69, 9.17) is 0 Å². The van der Waals surface area contributed by atoms with E-state index in [0.717, 1.165) is 11.1 Å². The highest BCUT2D eigenvalue weighted by Crippen LogP contribution is 2.30. The van der Waals surface area contributed by atoms with E-state index in [1.165, 1.54) is 17.8 Å². The zero-order valence-electron chi connectivity index (χ0n) is 11.3.